The van der Waals surface area contributed by atoms with Crippen molar-refractivity contribution < 1.29 is 0 Å². The predicted molar refractivity (Wildman–Crippen MR) is 80.3 cm³/mol. The number of halogens is 1. The van der Waals surface area contributed by atoms with E-state index in [4.69, 9.17) is 11.6 Å². The first-order valence-corrected chi connectivity index (χ1v) is 6.55. The molecular weight excluding hydrogens is 260 g/mol. The number of aryl methyl sites for hydroxylation is 1. The van der Waals surface area contributed by atoms with Crippen LogP contribution in [0, 0.1) is 6.92 Å². The third-order valence-electron chi connectivity index (χ3n) is 2.52. The molecule has 2 N–H and O–H groups in total. The Bertz CT molecular complexity index is 569. The van der Waals surface area contributed by atoms with E-state index < -0.39 is 0 Å². The number of benzene rings is 1. The minimum atomic E-state index is 0.330. The van der Waals surface area contributed by atoms with Gasteiger partial charge in [0.25, 0.3) is 0 Å². The highest BCUT2D eigenvalue weighted by Crippen LogP contribution is 2.22. The fourth-order valence-corrected chi connectivity index (χ4v) is 1.78. The Morgan fingerprint density at radius 3 is 2.68 bits per heavy atom. The van der Waals surface area contributed by atoms with E-state index in [2.05, 4.69) is 34.4 Å². The van der Waals surface area contributed by atoms with Gasteiger partial charge in [0.05, 0.1) is 0 Å². The van der Waals surface area contributed by atoms with Crippen LogP contribution in [0.25, 0.3) is 0 Å². The third kappa shape index (κ3) is 3.83. The predicted octanol–water partition coefficient (Wildman–Crippen LogP) is 4.00. The summed E-state index contributed by atoms with van der Waals surface area (Å²) in [5.74, 6) is 1.34. The molecule has 0 radical (unpaired) electrons. The molecular formula is C14H17ClN4. The van der Waals surface area contributed by atoms with Crippen LogP contribution in [0.5, 0.6) is 0 Å². The van der Waals surface area contributed by atoms with Crippen LogP contribution in [-0.4, -0.2) is 16.0 Å². The second kappa shape index (κ2) is 5.89. The number of anilines is 3. The maximum Gasteiger partial charge on any atom is 0.229 e. The van der Waals surface area contributed by atoms with E-state index in [0.29, 0.717) is 12.0 Å². The molecule has 5 heteroatoms. The van der Waals surface area contributed by atoms with Crippen molar-refractivity contribution in [1.82, 2.24) is 9.97 Å². The second-order valence-electron chi connectivity index (χ2n) is 4.65. The lowest BCUT2D eigenvalue weighted by Crippen LogP contribution is -2.11. The average Bonchev–Trinajstić information content (AvgIpc) is 2.33. The van der Waals surface area contributed by atoms with Crippen molar-refractivity contribution in [3.8, 4) is 0 Å². The number of rotatable bonds is 4. The van der Waals surface area contributed by atoms with Gasteiger partial charge in [0.15, 0.2) is 0 Å². The molecule has 100 valence electrons. The molecule has 2 rings (SSSR count). The van der Waals surface area contributed by atoms with Crippen molar-refractivity contribution in [2.24, 2.45) is 0 Å². The molecule has 0 amide bonds. The summed E-state index contributed by atoms with van der Waals surface area (Å²) in [6, 6.07) is 7.95. The lowest BCUT2D eigenvalue weighted by molar-refractivity contribution is 0.887. The van der Waals surface area contributed by atoms with E-state index in [0.717, 1.165) is 22.1 Å². The van der Waals surface area contributed by atoms with Gasteiger partial charge in [0.2, 0.25) is 5.95 Å². The molecule has 0 aliphatic carbocycles. The Balaban J connectivity index is 2.16. The van der Waals surface area contributed by atoms with E-state index in [1.165, 1.54) is 0 Å². The van der Waals surface area contributed by atoms with Crippen LogP contribution in [0.1, 0.15) is 19.4 Å². The van der Waals surface area contributed by atoms with Gasteiger partial charge in [-0.2, -0.15) is 4.98 Å². The van der Waals surface area contributed by atoms with Gasteiger partial charge in [0.1, 0.15) is 5.82 Å². The lowest BCUT2D eigenvalue weighted by atomic mass is 10.2. The van der Waals surface area contributed by atoms with Crippen LogP contribution < -0.4 is 10.6 Å². The smallest absolute Gasteiger partial charge is 0.229 e. The molecule has 0 saturated heterocycles. The topological polar surface area (TPSA) is 49.8 Å². The molecule has 19 heavy (non-hydrogen) atoms. The summed E-state index contributed by atoms with van der Waals surface area (Å²) < 4.78 is 0. The standard InChI is InChI=1S/C14H17ClN4/c1-9(2)17-13-6-7-16-14(19-13)18-11-5-4-10(3)12(15)8-11/h4-9H,1-3H3,(H2,16,17,18,19). The molecule has 2 aromatic rings. The van der Waals surface area contributed by atoms with Crippen LogP contribution in [-0.2, 0) is 0 Å². The van der Waals surface area contributed by atoms with Gasteiger partial charge >= 0.3 is 0 Å². The van der Waals surface area contributed by atoms with Crippen molar-refractivity contribution in [3.63, 3.8) is 0 Å². The highest BCUT2D eigenvalue weighted by atomic mass is 35.5. The molecule has 0 spiro atoms. The van der Waals surface area contributed by atoms with Crippen LogP contribution in [0.2, 0.25) is 5.02 Å². The van der Waals surface area contributed by atoms with E-state index in [-0.39, 0.29) is 0 Å². The highest BCUT2D eigenvalue weighted by molar-refractivity contribution is 6.31. The minimum Gasteiger partial charge on any atom is -0.368 e. The number of hydrogen-bond acceptors (Lipinski definition) is 4. The Morgan fingerprint density at radius 1 is 1.21 bits per heavy atom. The number of aromatic nitrogens is 2. The normalized spacial score (nSPS) is 10.6. The van der Waals surface area contributed by atoms with Gasteiger partial charge < -0.3 is 10.6 Å². The summed E-state index contributed by atoms with van der Waals surface area (Å²) >= 11 is 6.09. The monoisotopic (exact) mass is 276 g/mol. The molecule has 1 aromatic carbocycles. The molecule has 0 aliphatic rings. The maximum atomic E-state index is 6.09. The van der Waals surface area contributed by atoms with Crippen LogP contribution >= 0.6 is 11.6 Å². The molecule has 1 heterocycles. The van der Waals surface area contributed by atoms with Crippen molar-refractivity contribution >= 4 is 29.1 Å². The first kappa shape index (κ1) is 13.6. The molecule has 1 aromatic heterocycles. The number of hydrogen-bond donors (Lipinski definition) is 2. The van der Waals surface area contributed by atoms with Gasteiger partial charge in [-0.15, -0.1) is 0 Å². The molecule has 0 fully saturated rings. The Labute approximate surface area is 118 Å². The summed E-state index contributed by atoms with van der Waals surface area (Å²) in [4.78, 5) is 8.57. The zero-order valence-corrected chi connectivity index (χ0v) is 12.0. The quantitative estimate of drug-likeness (QED) is 0.886. The summed E-state index contributed by atoms with van der Waals surface area (Å²) in [6.07, 6.45) is 1.72. The summed E-state index contributed by atoms with van der Waals surface area (Å²) in [7, 11) is 0. The van der Waals surface area contributed by atoms with Crippen molar-refractivity contribution in [1.29, 1.82) is 0 Å². The van der Waals surface area contributed by atoms with Crippen molar-refractivity contribution in [2.75, 3.05) is 10.6 Å². The third-order valence-corrected chi connectivity index (χ3v) is 2.93. The van der Waals surface area contributed by atoms with Crippen LogP contribution in [0.3, 0.4) is 0 Å². The fraction of sp³-hybridized carbons (Fsp3) is 0.286. The fourth-order valence-electron chi connectivity index (χ4n) is 1.59. The van der Waals surface area contributed by atoms with Gasteiger partial charge in [-0.25, -0.2) is 4.98 Å². The van der Waals surface area contributed by atoms with Crippen LogP contribution in [0.4, 0.5) is 17.5 Å². The Kier molecular flexibility index (Phi) is 4.22. The number of nitrogens with zero attached hydrogens (tertiary/aromatic N) is 2. The Morgan fingerprint density at radius 2 is 2.00 bits per heavy atom. The van der Waals surface area contributed by atoms with Gasteiger partial charge in [-0.3, -0.25) is 0 Å². The first-order valence-electron chi connectivity index (χ1n) is 6.17. The summed E-state index contributed by atoms with van der Waals surface area (Å²) in [5, 5.41) is 7.10. The zero-order chi connectivity index (χ0) is 13.8. The van der Waals surface area contributed by atoms with E-state index in [1.54, 1.807) is 6.20 Å². The summed E-state index contributed by atoms with van der Waals surface area (Å²) in [6.45, 7) is 6.10. The second-order valence-corrected chi connectivity index (χ2v) is 5.06. The SMILES string of the molecule is Cc1ccc(Nc2nccc(NC(C)C)n2)cc1Cl. The van der Waals surface area contributed by atoms with Gasteiger partial charge in [0, 0.05) is 22.9 Å². The first-order chi connectivity index (χ1) is 9.04. The summed E-state index contributed by atoms with van der Waals surface area (Å²) in [5.41, 5.74) is 1.92. The minimum absolute atomic E-state index is 0.330. The highest BCUT2D eigenvalue weighted by Gasteiger charge is 2.03. The molecule has 4 nitrogen and oxygen atoms in total. The van der Waals surface area contributed by atoms with E-state index >= 15 is 0 Å². The average molecular weight is 277 g/mol. The largest absolute Gasteiger partial charge is 0.368 e. The van der Waals surface area contributed by atoms with Crippen molar-refractivity contribution in [3.05, 3.63) is 41.0 Å². The number of nitrogens with one attached hydrogen (secondary N) is 2. The lowest BCUT2D eigenvalue weighted by Gasteiger charge is -2.11. The van der Waals surface area contributed by atoms with Crippen LogP contribution in [0.15, 0.2) is 30.5 Å². The molecule has 0 bridgehead atoms. The Hall–Kier alpha value is -1.81. The van der Waals surface area contributed by atoms with Crippen molar-refractivity contribution in [2.45, 2.75) is 26.8 Å². The zero-order valence-electron chi connectivity index (χ0n) is 11.2. The van der Waals surface area contributed by atoms with E-state index in [9.17, 15) is 0 Å². The van der Waals surface area contributed by atoms with E-state index in [1.807, 2.05) is 31.2 Å². The molecule has 0 unspecified atom stereocenters. The maximum absolute atomic E-state index is 6.09. The molecule has 0 aliphatic heterocycles. The molecule has 0 atom stereocenters. The van der Waals surface area contributed by atoms with Gasteiger partial charge in [-0.05, 0) is 44.5 Å². The molecule has 0 saturated carbocycles. The van der Waals surface area contributed by atoms with Gasteiger partial charge in [-0.1, -0.05) is 17.7 Å².